The highest BCUT2D eigenvalue weighted by atomic mass is 16.2. The van der Waals surface area contributed by atoms with Crippen LogP contribution in [-0.4, -0.2) is 43.9 Å². The molecule has 0 radical (unpaired) electrons. The van der Waals surface area contributed by atoms with Crippen molar-refractivity contribution in [2.75, 3.05) is 27.2 Å². The number of rotatable bonds is 7. The quantitative estimate of drug-likeness (QED) is 0.769. The van der Waals surface area contributed by atoms with E-state index in [1.165, 1.54) is 10.5 Å². The van der Waals surface area contributed by atoms with Crippen molar-refractivity contribution in [3.8, 4) is 0 Å². The van der Waals surface area contributed by atoms with Crippen molar-refractivity contribution in [2.45, 2.75) is 19.0 Å². The van der Waals surface area contributed by atoms with Crippen LogP contribution in [0.5, 0.6) is 0 Å². The van der Waals surface area contributed by atoms with Gasteiger partial charge in [0, 0.05) is 25.1 Å². The molecule has 0 spiro atoms. The second-order valence-electron chi connectivity index (χ2n) is 7.45. The van der Waals surface area contributed by atoms with E-state index in [0.717, 1.165) is 5.56 Å². The average molecular weight is 366 g/mol. The van der Waals surface area contributed by atoms with Crippen LogP contribution in [0.1, 0.15) is 23.6 Å². The van der Waals surface area contributed by atoms with Crippen molar-refractivity contribution < 1.29 is 14.5 Å². The Morgan fingerprint density at radius 3 is 2.37 bits per heavy atom. The van der Waals surface area contributed by atoms with E-state index in [4.69, 9.17) is 0 Å². The minimum absolute atomic E-state index is 0.0268. The predicted octanol–water partition coefficient (Wildman–Crippen LogP) is 1.04. The summed E-state index contributed by atoms with van der Waals surface area (Å²) in [6.07, 6.45) is 0.295. The Bertz CT molecular complexity index is 762. The normalized spacial score (nSPS) is 18.0. The molecular formula is C22H28N3O2+. The molecule has 0 saturated carbocycles. The number of benzene rings is 2. The number of hydrogen-bond acceptors (Lipinski definition) is 2. The van der Waals surface area contributed by atoms with E-state index in [2.05, 4.69) is 31.5 Å². The molecule has 1 heterocycles. The lowest BCUT2D eigenvalue weighted by molar-refractivity contribution is -0.890. The van der Waals surface area contributed by atoms with E-state index in [1.54, 1.807) is 4.90 Å². The molecule has 2 aromatic carbocycles. The van der Waals surface area contributed by atoms with Crippen molar-refractivity contribution in [3.05, 3.63) is 71.8 Å². The molecule has 1 aliphatic heterocycles. The van der Waals surface area contributed by atoms with Gasteiger partial charge in [0.25, 0.3) is 0 Å². The predicted molar refractivity (Wildman–Crippen MR) is 105 cm³/mol. The lowest BCUT2D eigenvalue weighted by Crippen LogP contribution is -3.07. The third kappa shape index (κ3) is 4.95. The molecule has 2 amide bonds. The number of nitrogens with zero attached hydrogens (tertiary/aromatic N) is 1. The van der Waals surface area contributed by atoms with Crippen molar-refractivity contribution in [1.82, 2.24) is 10.2 Å². The number of likely N-dealkylation sites (N-methyl/N-ethyl adjacent to an activating group) is 1. The smallest absolute Gasteiger partial charge is 0.225 e. The average Bonchev–Trinajstić information content (AvgIpc) is 3.04. The summed E-state index contributed by atoms with van der Waals surface area (Å²) in [7, 11) is 4.18. The fourth-order valence-corrected chi connectivity index (χ4v) is 3.59. The Labute approximate surface area is 161 Å². The molecule has 142 valence electrons. The molecule has 0 aromatic heterocycles. The summed E-state index contributed by atoms with van der Waals surface area (Å²) < 4.78 is 0. The summed E-state index contributed by atoms with van der Waals surface area (Å²) >= 11 is 0. The number of likely N-dealkylation sites (tertiary alicyclic amines) is 1. The zero-order valence-corrected chi connectivity index (χ0v) is 16.0. The molecule has 27 heavy (non-hydrogen) atoms. The number of carbonyl (C=O) groups is 2. The van der Waals surface area contributed by atoms with E-state index >= 15 is 0 Å². The van der Waals surface area contributed by atoms with Crippen molar-refractivity contribution in [3.63, 3.8) is 0 Å². The molecule has 0 unspecified atom stereocenters. The van der Waals surface area contributed by atoms with Crippen molar-refractivity contribution in [2.24, 2.45) is 5.92 Å². The van der Waals surface area contributed by atoms with Gasteiger partial charge >= 0.3 is 0 Å². The van der Waals surface area contributed by atoms with Gasteiger partial charge in [0.05, 0.1) is 26.6 Å². The van der Waals surface area contributed by atoms with Gasteiger partial charge in [-0.2, -0.15) is 0 Å². The lowest BCUT2D eigenvalue weighted by Gasteiger charge is -2.23. The minimum atomic E-state index is -0.269. The van der Waals surface area contributed by atoms with Crippen LogP contribution in [0.25, 0.3) is 0 Å². The fraction of sp³-hybridized carbons (Fsp3) is 0.364. The summed E-state index contributed by atoms with van der Waals surface area (Å²) in [5.41, 5.74) is 2.29. The van der Waals surface area contributed by atoms with Crippen LogP contribution in [0.15, 0.2) is 60.7 Å². The first-order chi connectivity index (χ1) is 13.0. The molecule has 1 fully saturated rings. The van der Waals surface area contributed by atoms with Crippen LogP contribution < -0.4 is 10.2 Å². The van der Waals surface area contributed by atoms with Gasteiger partial charge in [0.2, 0.25) is 11.8 Å². The molecule has 1 saturated heterocycles. The molecule has 2 aromatic rings. The highest BCUT2D eigenvalue weighted by Crippen LogP contribution is 2.20. The fourth-order valence-electron chi connectivity index (χ4n) is 3.59. The summed E-state index contributed by atoms with van der Waals surface area (Å²) in [5, 5.41) is 3.07. The molecule has 3 rings (SSSR count). The minimum Gasteiger partial charge on any atom is -0.349 e. The number of carbonyl (C=O) groups excluding carboxylic acids is 2. The number of quaternary nitrogens is 1. The van der Waals surface area contributed by atoms with Crippen LogP contribution in [0.3, 0.4) is 0 Å². The van der Waals surface area contributed by atoms with Crippen LogP contribution >= 0.6 is 0 Å². The number of amides is 2. The van der Waals surface area contributed by atoms with Gasteiger partial charge in [0.15, 0.2) is 0 Å². The van der Waals surface area contributed by atoms with Gasteiger partial charge in [-0.25, -0.2) is 0 Å². The van der Waals surface area contributed by atoms with Gasteiger partial charge in [-0.3, -0.25) is 9.59 Å². The van der Waals surface area contributed by atoms with Crippen LogP contribution in [0, 0.1) is 5.92 Å². The van der Waals surface area contributed by atoms with E-state index in [-0.39, 0.29) is 23.8 Å². The molecule has 0 bridgehead atoms. The number of nitrogens with one attached hydrogen (secondary N) is 2. The van der Waals surface area contributed by atoms with Crippen molar-refractivity contribution >= 4 is 11.8 Å². The highest BCUT2D eigenvalue weighted by molar-refractivity contribution is 5.89. The van der Waals surface area contributed by atoms with E-state index < -0.39 is 0 Å². The summed E-state index contributed by atoms with van der Waals surface area (Å²) in [4.78, 5) is 28.0. The maximum Gasteiger partial charge on any atom is 0.225 e. The summed E-state index contributed by atoms with van der Waals surface area (Å²) in [6, 6.07) is 20.3. The van der Waals surface area contributed by atoms with Gasteiger partial charge in [-0.05, 0) is 5.56 Å². The molecule has 1 aliphatic rings. The molecule has 5 heteroatoms. The second-order valence-corrected chi connectivity index (χ2v) is 7.45. The Balaban J connectivity index is 1.56. The number of hydrogen-bond donors (Lipinski definition) is 2. The Morgan fingerprint density at radius 1 is 1.11 bits per heavy atom. The van der Waals surface area contributed by atoms with Crippen LogP contribution in [0.4, 0.5) is 0 Å². The largest absolute Gasteiger partial charge is 0.349 e. The van der Waals surface area contributed by atoms with Crippen LogP contribution in [0.2, 0.25) is 0 Å². The molecular weight excluding hydrogens is 338 g/mol. The first-order valence-electron chi connectivity index (χ1n) is 9.49. The van der Waals surface area contributed by atoms with Gasteiger partial charge in [-0.1, -0.05) is 60.7 Å². The second kappa shape index (κ2) is 8.82. The summed E-state index contributed by atoms with van der Waals surface area (Å²) in [6.45, 7) is 1.62. The lowest BCUT2D eigenvalue weighted by atomic mass is 10.0. The molecule has 2 atom stereocenters. The van der Waals surface area contributed by atoms with Gasteiger partial charge in [0.1, 0.15) is 6.04 Å². The summed E-state index contributed by atoms with van der Waals surface area (Å²) in [5.74, 6) is -0.243. The molecule has 2 N–H and O–H groups in total. The Kier molecular flexibility index (Phi) is 6.24. The first-order valence-corrected chi connectivity index (χ1v) is 9.49. The van der Waals surface area contributed by atoms with Crippen molar-refractivity contribution in [1.29, 1.82) is 0 Å². The Morgan fingerprint density at radius 2 is 1.74 bits per heavy atom. The third-order valence-corrected chi connectivity index (χ3v) is 5.18. The molecule has 5 nitrogen and oxygen atoms in total. The SMILES string of the molecule is C[NH+](C)[C@H](CNC(=O)[C@@H]1CC(=O)N(Cc2ccccc2)C1)c1ccccc1. The zero-order valence-electron chi connectivity index (χ0n) is 16.0. The highest BCUT2D eigenvalue weighted by Gasteiger charge is 2.34. The maximum absolute atomic E-state index is 12.6. The molecule has 0 aliphatic carbocycles. The van der Waals surface area contributed by atoms with E-state index in [1.807, 2.05) is 48.5 Å². The van der Waals surface area contributed by atoms with E-state index in [9.17, 15) is 9.59 Å². The van der Waals surface area contributed by atoms with Gasteiger partial charge < -0.3 is 15.1 Å². The monoisotopic (exact) mass is 366 g/mol. The topological polar surface area (TPSA) is 53.9 Å². The first kappa shape index (κ1) is 19.1. The standard InChI is InChI=1S/C22H27N3O2/c1-24(2)20(18-11-7-4-8-12-18)14-23-22(27)19-13-21(26)25(16-19)15-17-9-5-3-6-10-17/h3-12,19-20H,13-16H2,1-2H3,(H,23,27)/p+1/t19-,20-/m1/s1. The zero-order chi connectivity index (χ0) is 19.2. The Hall–Kier alpha value is -2.66. The van der Waals surface area contributed by atoms with Crippen LogP contribution in [-0.2, 0) is 16.1 Å². The maximum atomic E-state index is 12.6. The third-order valence-electron chi connectivity index (χ3n) is 5.18. The van der Waals surface area contributed by atoms with E-state index in [0.29, 0.717) is 26.1 Å². The van der Waals surface area contributed by atoms with Gasteiger partial charge in [-0.15, -0.1) is 0 Å².